The van der Waals surface area contributed by atoms with Gasteiger partial charge in [0, 0.05) is 25.2 Å². The van der Waals surface area contributed by atoms with Gasteiger partial charge in [-0.15, -0.1) is 0 Å². The summed E-state index contributed by atoms with van der Waals surface area (Å²) in [5.74, 6) is 0.673. The van der Waals surface area contributed by atoms with Crippen LogP contribution in [-0.2, 0) is 4.79 Å². The molecule has 1 amide bonds. The Morgan fingerprint density at radius 3 is 2.84 bits per heavy atom. The van der Waals surface area contributed by atoms with Gasteiger partial charge in [-0.1, -0.05) is 11.6 Å². The Morgan fingerprint density at radius 2 is 2.21 bits per heavy atom. The number of anilines is 1. The van der Waals surface area contributed by atoms with Gasteiger partial charge in [0.05, 0.1) is 19.3 Å². The Labute approximate surface area is 118 Å². The lowest BCUT2D eigenvalue weighted by molar-refractivity contribution is -0.127. The van der Waals surface area contributed by atoms with E-state index in [1.165, 1.54) is 0 Å². The number of benzene rings is 1. The maximum absolute atomic E-state index is 11.9. The summed E-state index contributed by atoms with van der Waals surface area (Å²) in [6, 6.07) is 5.24. The van der Waals surface area contributed by atoms with E-state index in [-0.39, 0.29) is 12.5 Å². The summed E-state index contributed by atoms with van der Waals surface area (Å²) in [6.45, 7) is 1.64. The Hall–Kier alpha value is -1.46. The first-order valence-corrected chi connectivity index (χ1v) is 6.42. The minimum absolute atomic E-state index is 0.0114. The van der Waals surface area contributed by atoms with Gasteiger partial charge in [-0.2, -0.15) is 0 Å². The molecule has 5 nitrogen and oxygen atoms in total. The maximum atomic E-state index is 11.9. The zero-order valence-corrected chi connectivity index (χ0v) is 12.3. The zero-order chi connectivity index (χ0) is 14.3. The highest BCUT2D eigenvalue weighted by atomic mass is 35.5. The minimum atomic E-state index is 0.0114. The molecule has 0 atom stereocenters. The fourth-order valence-corrected chi connectivity index (χ4v) is 1.70. The van der Waals surface area contributed by atoms with Crippen molar-refractivity contribution in [3.05, 3.63) is 23.2 Å². The third-order valence-corrected chi connectivity index (χ3v) is 2.95. The molecule has 0 aliphatic heterocycles. The number of nitrogens with zero attached hydrogens (tertiary/aromatic N) is 1. The summed E-state index contributed by atoms with van der Waals surface area (Å²) in [4.78, 5) is 13.5. The van der Waals surface area contributed by atoms with E-state index in [0.717, 1.165) is 6.54 Å². The van der Waals surface area contributed by atoms with Crippen LogP contribution >= 0.6 is 11.6 Å². The summed E-state index contributed by atoms with van der Waals surface area (Å²) >= 11 is 5.92. The largest absolute Gasteiger partial charge is 0.495 e. The normalized spacial score (nSPS) is 10.1. The average molecular weight is 286 g/mol. The SMILES string of the molecule is CNCCN(C)C(=O)CNc1cc(Cl)ccc1OC. The van der Waals surface area contributed by atoms with Crippen molar-refractivity contribution < 1.29 is 9.53 Å². The lowest BCUT2D eigenvalue weighted by Gasteiger charge is -2.18. The molecule has 0 aliphatic carbocycles. The first-order valence-electron chi connectivity index (χ1n) is 6.04. The van der Waals surface area contributed by atoms with E-state index >= 15 is 0 Å². The van der Waals surface area contributed by atoms with Crippen molar-refractivity contribution in [2.24, 2.45) is 0 Å². The molecule has 1 aromatic carbocycles. The zero-order valence-electron chi connectivity index (χ0n) is 11.5. The highest BCUT2D eigenvalue weighted by Gasteiger charge is 2.09. The van der Waals surface area contributed by atoms with Gasteiger partial charge in [0.25, 0.3) is 0 Å². The number of rotatable bonds is 7. The Bertz CT molecular complexity index is 426. The summed E-state index contributed by atoms with van der Waals surface area (Å²) < 4.78 is 5.20. The Kier molecular flexibility index (Phi) is 6.45. The fourth-order valence-electron chi connectivity index (χ4n) is 1.53. The first kappa shape index (κ1) is 15.6. The van der Waals surface area contributed by atoms with Crippen molar-refractivity contribution in [3.8, 4) is 5.75 Å². The molecular weight excluding hydrogens is 266 g/mol. The molecule has 1 rings (SSSR count). The van der Waals surface area contributed by atoms with Crippen molar-refractivity contribution >= 4 is 23.2 Å². The predicted molar refractivity (Wildman–Crippen MR) is 78.1 cm³/mol. The molecule has 0 saturated carbocycles. The number of ether oxygens (including phenoxy) is 1. The van der Waals surface area contributed by atoms with Crippen LogP contribution in [0.2, 0.25) is 5.02 Å². The number of hydrogen-bond acceptors (Lipinski definition) is 4. The van der Waals surface area contributed by atoms with Crippen molar-refractivity contribution in [3.63, 3.8) is 0 Å². The van der Waals surface area contributed by atoms with Crippen LogP contribution in [0, 0.1) is 0 Å². The molecular formula is C13H20ClN3O2. The molecule has 0 bridgehead atoms. The molecule has 19 heavy (non-hydrogen) atoms. The second-order valence-corrected chi connectivity index (χ2v) is 4.55. The molecule has 0 aromatic heterocycles. The standard InChI is InChI=1S/C13H20ClN3O2/c1-15-6-7-17(2)13(18)9-16-11-8-10(14)4-5-12(11)19-3/h4-5,8,15-16H,6-7,9H2,1-3H3. The van der Waals surface area contributed by atoms with Gasteiger partial charge < -0.3 is 20.3 Å². The van der Waals surface area contributed by atoms with E-state index < -0.39 is 0 Å². The quantitative estimate of drug-likeness (QED) is 0.796. The van der Waals surface area contributed by atoms with Gasteiger partial charge in [0.15, 0.2) is 0 Å². The number of nitrogens with one attached hydrogen (secondary N) is 2. The smallest absolute Gasteiger partial charge is 0.241 e. The van der Waals surface area contributed by atoms with Crippen LogP contribution in [0.1, 0.15) is 0 Å². The molecule has 2 N–H and O–H groups in total. The van der Waals surface area contributed by atoms with Crippen molar-refractivity contribution in [1.82, 2.24) is 10.2 Å². The van der Waals surface area contributed by atoms with Crippen molar-refractivity contribution in [2.45, 2.75) is 0 Å². The summed E-state index contributed by atoms with van der Waals surface area (Å²) in [5, 5.41) is 6.64. The van der Waals surface area contributed by atoms with Gasteiger partial charge in [0.1, 0.15) is 5.75 Å². The molecule has 0 spiro atoms. The summed E-state index contributed by atoms with van der Waals surface area (Å²) in [5.41, 5.74) is 0.713. The second-order valence-electron chi connectivity index (χ2n) is 4.12. The molecule has 0 saturated heterocycles. The number of methoxy groups -OCH3 is 1. The van der Waals surface area contributed by atoms with E-state index in [9.17, 15) is 4.79 Å². The maximum Gasteiger partial charge on any atom is 0.241 e. The average Bonchev–Trinajstić information content (AvgIpc) is 2.42. The second kappa shape index (κ2) is 7.86. The van der Waals surface area contributed by atoms with Gasteiger partial charge in [-0.3, -0.25) is 4.79 Å². The predicted octanol–water partition coefficient (Wildman–Crippen LogP) is 1.44. The highest BCUT2D eigenvalue weighted by molar-refractivity contribution is 6.30. The molecule has 0 unspecified atom stereocenters. The first-order chi connectivity index (χ1) is 9.08. The number of carbonyl (C=O) groups is 1. The van der Waals surface area contributed by atoms with Crippen LogP contribution in [0.5, 0.6) is 5.75 Å². The number of hydrogen-bond donors (Lipinski definition) is 2. The van der Waals surface area contributed by atoms with Crippen LogP contribution < -0.4 is 15.4 Å². The Balaban J connectivity index is 2.56. The van der Waals surface area contributed by atoms with Crippen LogP contribution in [0.25, 0.3) is 0 Å². The van der Waals surface area contributed by atoms with Crippen molar-refractivity contribution in [1.29, 1.82) is 0 Å². The highest BCUT2D eigenvalue weighted by Crippen LogP contribution is 2.27. The monoisotopic (exact) mass is 285 g/mol. The summed E-state index contributed by atoms with van der Waals surface area (Å²) in [7, 11) is 5.21. The number of amides is 1. The van der Waals surface area contributed by atoms with E-state index in [1.54, 1.807) is 37.3 Å². The van der Waals surface area contributed by atoms with Crippen molar-refractivity contribution in [2.75, 3.05) is 46.2 Å². The summed E-state index contributed by atoms with van der Waals surface area (Å²) in [6.07, 6.45) is 0. The molecule has 6 heteroatoms. The molecule has 0 radical (unpaired) electrons. The van der Waals surface area contributed by atoms with Crippen LogP contribution in [-0.4, -0.2) is 51.6 Å². The fraction of sp³-hybridized carbons (Fsp3) is 0.462. The molecule has 0 fully saturated rings. The minimum Gasteiger partial charge on any atom is -0.495 e. The third-order valence-electron chi connectivity index (χ3n) is 2.71. The van der Waals surface area contributed by atoms with Gasteiger partial charge in [-0.25, -0.2) is 0 Å². The van der Waals surface area contributed by atoms with E-state index in [4.69, 9.17) is 16.3 Å². The van der Waals surface area contributed by atoms with Gasteiger partial charge >= 0.3 is 0 Å². The molecule has 1 aromatic rings. The number of halogens is 1. The van der Waals surface area contributed by atoms with Crippen LogP contribution in [0.15, 0.2) is 18.2 Å². The van der Waals surface area contributed by atoms with E-state index in [1.807, 2.05) is 7.05 Å². The van der Waals surface area contributed by atoms with Crippen LogP contribution in [0.3, 0.4) is 0 Å². The Morgan fingerprint density at radius 1 is 1.47 bits per heavy atom. The lowest BCUT2D eigenvalue weighted by Crippen LogP contribution is -2.36. The van der Waals surface area contributed by atoms with Crippen LogP contribution in [0.4, 0.5) is 5.69 Å². The van der Waals surface area contributed by atoms with Gasteiger partial charge in [0.2, 0.25) is 5.91 Å². The molecule has 0 heterocycles. The lowest BCUT2D eigenvalue weighted by atomic mass is 10.3. The molecule has 106 valence electrons. The molecule has 0 aliphatic rings. The van der Waals surface area contributed by atoms with Gasteiger partial charge in [-0.05, 0) is 25.2 Å². The number of carbonyl (C=O) groups excluding carboxylic acids is 1. The number of likely N-dealkylation sites (N-methyl/N-ethyl adjacent to an activating group) is 2. The topological polar surface area (TPSA) is 53.6 Å². The van der Waals surface area contributed by atoms with E-state index in [0.29, 0.717) is 23.0 Å². The third kappa shape index (κ3) is 4.96. The van der Waals surface area contributed by atoms with E-state index in [2.05, 4.69) is 10.6 Å².